The van der Waals surface area contributed by atoms with Crippen molar-refractivity contribution in [3.8, 4) is 0 Å². The summed E-state index contributed by atoms with van der Waals surface area (Å²) in [5, 5.41) is 23.8. The van der Waals surface area contributed by atoms with E-state index in [1.165, 1.54) is 218 Å². The lowest BCUT2D eigenvalue weighted by Gasteiger charge is -2.24. The second-order valence-electron chi connectivity index (χ2n) is 19.7. The average Bonchev–Trinajstić information content (AvgIpc) is 3.28. The predicted octanol–water partition coefficient (Wildman–Crippen LogP) is 17.3. The zero-order valence-electron chi connectivity index (χ0n) is 42.7. The summed E-state index contributed by atoms with van der Waals surface area (Å²) in [5.74, 6) is -0.456. The van der Waals surface area contributed by atoms with Crippen molar-refractivity contribution in [3.05, 3.63) is 12.2 Å². The van der Waals surface area contributed by atoms with Crippen molar-refractivity contribution in [3.63, 3.8) is 0 Å². The number of hydrogen-bond donors (Lipinski definition) is 3. The van der Waals surface area contributed by atoms with E-state index in [-0.39, 0.29) is 24.9 Å². The van der Waals surface area contributed by atoms with Crippen molar-refractivity contribution in [1.82, 2.24) is 5.32 Å². The quantitative estimate of drug-likeness (QED) is 0.0321. The van der Waals surface area contributed by atoms with E-state index in [0.717, 1.165) is 51.4 Å². The first kappa shape index (κ1) is 61.6. The molecule has 0 aliphatic heterocycles. The number of rotatable bonds is 52. The minimum absolute atomic E-state index is 0.0821. The lowest BCUT2D eigenvalue weighted by atomic mass is 10.0. The van der Waals surface area contributed by atoms with Gasteiger partial charge in [0.05, 0.1) is 25.2 Å². The van der Waals surface area contributed by atoms with Crippen molar-refractivity contribution in [2.24, 2.45) is 0 Å². The Morgan fingerprint density at radius 3 is 1.13 bits per heavy atom. The van der Waals surface area contributed by atoms with Gasteiger partial charge in [0.2, 0.25) is 5.91 Å². The Hall–Kier alpha value is -1.40. The number of amides is 1. The van der Waals surface area contributed by atoms with Gasteiger partial charge in [-0.3, -0.25) is 9.59 Å². The molecule has 0 spiro atoms. The highest BCUT2D eigenvalue weighted by Gasteiger charge is 2.24. The van der Waals surface area contributed by atoms with Crippen molar-refractivity contribution < 1.29 is 24.5 Å². The molecule has 0 saturated heterocycles. The van der Waals surface area contributed by atoms with E-state index in [1.807, 2.05) is 0 Å². The molecule has 0 aromatic carbocycles. The fourth-order valence-electron chi connectivity index (χ4n) is 9.02. The molecule has 3 atom stereocenters. The summed E-state index contributed by atoms with van der Waals surface area (Å²) >= 11 is 0. The number of unbranched alkanes of at least 4 members (excludes halogenated alkanes) is 38. The summed E-state index contributed by atoms with van der Waals surface area (Å²) in [5.41, 5.74) is 0. The lowest BCUT2D eigenvalue weighted by molar-refractivity contribution is -0.151. The summed E-state index contributed by atoms with van der Waals surface area (Å²) in [7, 11) is 0. The zero-order valence-corrected chi connectivity index (χ0v) is 42.7. The third-order valence-corrected chi connectivity index (χ3v) is 13.3. The van der Waals surface area contributed by atoms with E-state index in [1.54, 1.807) is 0 Å². The molecule has 0 bridgehead atoms. The number of aliphatic hydroxyl groups is 2. The Bertz CT molecular complexity index is 955. The molecule has 0 saturated carbocycles. The second kappa shape index (κ2) is 51.6. The smallest absolute Gasteiger partial charge is 0.306 e. The number of allylic oxidation sites excluding steroid dienone is 2. The minimum Gasteiger partial charge on any atom is -0.462 e. The van der Waals surface area contributed by atoms with Gasteiger partial charge in [0.25, 0.3) is 0 Å². The van der Waals surface area contributed by atoms with Crippen LogP contribution < -0.4 is 5.32 Å². The first-order valence-corrected chi connectivity index (χ1v) is 28.4. The molecule has 63 heavy (non-hydrogen) atoms. The summed E-state index contributed by atoms with van der Waals surface area (Å²) in [6.45, 7) is 6.51. The largest absolute Gasteiger partial charge is 0.462 e. The number of ether oxygens (including phenoxy) is 1. The highest BCUT2D eigenvalue weighted by atomic mass is 16.5. The van der Waals surface area contributed by atoms with Crippen LogP contribution in [-0.4, -0.2) is 46.9 Å². The van der Waals surface area contributed by atoms with Crippen molar-refractivity contribution >= 4 is 11.9 Å². The van der Waals surface area contributed by atoms with Crippen LogP contribution in [0, 0.1) is 0 Å². The van der Waals surface area contributed by atoms with Crippen LogP contribution in [0.5, 0.6) is 0 Å². The topological polar surface area (TPSA) is 95.9 Å². The maximum atomic E-state index is 13.2. The van der Waals surface area contributed by atoms with Gasteiger partial charge in [-0.15, -0.1) is 0 Å². The molecule has 0 aliphatic rings. The Morgan fingerprint density at radius 2 is 0.762 bits per heavy atom. The van der Waals surface area contributed by atoms with Crippen LogP contribution in [-0.2, 0) is 14.3 Å². The molecule has 0 aromatic heterocycles. The number of aliphatic hydroxyl groups excluding tert-OH is 2. The van der Waals surface area contributed by atoms with Crippen LogP contribution in [0.1, 0.15) is 316 Å². The van der Waals surface area contributed by atoms with Crippen LogP contribution in [0.3, 0.4) is 0 Å². The van der Waals surface area contributed by atoms with Crippen molar-refractivity contribution in [2.75, 3.05) is 6.61 Å². The molecule has 1 amide bonds. The monoisotopic (exact) mass is 890 g/mol. The van der Waals surface area contributed by atoms with Crippen LogP contribution >= 0.6 is 0 Å². The van der Waals surface area contributed by atoms with Gasteiger partial charge in [-0.05, 0) is 51.4 Å². The van der Waals surface area contributed by atoms with Crippen molar-refractivity contribution in [1.29, 1.82) is 0 Å². The lowest BCUT2D eigenvalue weighted by Crippen LogP contribution is -2.46. The van der Waals surface area contributed by atoms with E-state index >= 15 is 0 Å². The number of nitrogens with one attached hydrogen (secondary N) is 1. The maximum absolute atomic E-state index is 13.2. The summed E-state index contributed by atoms with van der Waals surface area (Å²) in [6, 6.07) is -0.696. The van der Waals surface area contributed by atoms with E-state index in [0.29, 0.717) is 19.3 Å². The number of carbonyl (C=O) groups excluding carboxylic acids is 2. The molecular formula is C57H111NO5. The van der Waals surface area contributed by atoms with Gasteiger partial charge in [0, 0.05) is 6.42 Å². The number of carbonyl (C=O) groups is 2. The Morgan fingerprint density at radius 1 is 0.444 bits per heavy atom. The summed E-state index contributed by atoms with van der Waals surface area (Å²) < 4.78 is 5.96. The third kappa shape index (κ3) is 46.9. The molecule has 0 fully saturated rings. The summed E-state index contributed by atoms with van der Waals surface area (Å²) in [6.07, 6.45) is 58.5. The summed E-state index contributed by atoms with van der Waals surface area (Å²) in [4.78, 5) is 26.2. The molecule has 0 aliphatic carbocycles. The van der Waals surface area contributed by atoms with Crippen LogP contribution in [0.4, 0.5) is 0 Å². The molecule has 0 heterocycles. The van der Waals surface area contributed by atoms with Gasteiger partial charge < -0.3 is 20.3 Å². The Labute approximate surface area is 393 Å². The molecule has 3 unspecified atom stereocenters. The molecule has 3 N–H and O–H groups in total. The van der Waals surface area contributed by atoms with Crippen LogP contribution in [0.25, 0.3) is 0 Å². The van der Waals surface area contributed by atoms with E-state index in [4.69, 9.17) is 4.74 Å². The molecule has 0 rings (SSSR count). The Balaban J connectivity index is 4.52. The molecule has 0 aromatic rings. The Kier molecular flexibility index (Phi) is 50.4. The van der Waals surface area contributed by atoms with Gasteiger partial charge >= 0.3 is 5.97 Å². The van der Waals surface area contributed by atoms with Crippen molar-refractivity contribution in [2.45, 2.75) is 334 Å². The third-order valence-electron chi connectivity index (χ3n) is 13.3. The van der Waals surface area contributed by atoms with Gasteiger partial charge in [-0.25, -0.2) is 0 Å². The SMILES string of the molecule is CCCCCCCC/C=C/CCCCCCCCCC(CC(=O)NC(CO)C(O)CCCCCCCCCCCCC)OC(=O)CCCCCCCCCCCCCCCCCC. The predicted molar refractivity (Wildman–Crippen MR) is 273 cm³/mol. The fourth-order valence-corrected chi connectivity index (χ4v) is 9.02. The number of esters is 1. The highest BCUT2D eigenvalue weighted by molar-refractivity contribution is 5.77. The van der Waals surface area contributed by atoms with E-state index in [9.17, 15) is 19.8 Å². The number of hydrogen-bond acceptors (Lipinski definition) is 5. The van der Waals surface area contributed by atoms with Crippen LogP contribution in [0.2, 0.25) is 0 Å². The second-order valence-corrected chi connectivity index (χ2v) is 19.7. The first-order valence-electron chi connectivity index (χ1n) is 28.4. The van der Waals surface area contributed by atoms with Gasteiger partial charge in [-0.1, -0.05) is 264 Å². The van der Waals surface area contributed by atoms with Crippen LogP contribution in [0.15, 0.2) is 12.2 Å². The molecule has 0 radical (unpaired) electrons. The fraction of sp³-hybridized carbons (Fsp3) is 0.930. The van der Waals surface area contributed by atoms with E-state index in [2.05, 4.69) is 38.2 Å². The highest BCUT2D eigenvalue weighted by Crippen LogP contribution is 2.19. The maximum Gasteiger partial charge on any atom is 0.306 e. The molecule has 6 heteroatoms. The molecular weight excluding hydrogens is 779 g/mol. The van der Waals surface area contributed by atoms with Gasteiger partial charge in [0.1, 0.15) is 6.10 Å². The first-order chi connectivity index (χ1) is 31.0. The minimum atomic E-state index is -0.783. The average molecular weight is 891 g/mol. The molecule has 6 nitrogen and oxygen atoms in total. The normalized spacial score (nSPS) is 13.2. The standard InChI is InChI=1S/C57H111NO5/c1-4-7-10-13-16-19-22-24-26-28-29-31-34-36-39-42-45-48-53(63-57(62)50-47-44-41-38-35-32-30-27-25-23-20-17-14-11-8-5-2)51-56(61)58-54(52-59)55(60)49-46-43-40-37-33-21-18-15-12-9-6-3/h24,26,53-55,59-60H,4-23,25,27-52H2,1-3H3,(H,58,61)/b26-24+. The van der Waals surface area contributed by atoms with E-state index < -0.39 is 18.2 Å². The van der Waals surface area contributed by atoms with Gasteiger partial charge in [0.15, 0.2) is 0 Å². The zero-order chi connectivity index (χ0) is 45.9. The molecule has 374 valence electrons. The van der Waals surface area contributed by atoms with Gasteiger partial charge in [-0.2, -0.15) is 0 Å².